The third-order valence-corrected chi connectivity index (χ3v) is 10.1. The number of fused-ring (bicyclic) bond motifs is 1. The SMILES string of the molecule is O=C(COC(=O)c1cc(-c2ccc(N3C(=O)C4C5C=CC(C6CC56)C4C3=O)cc2)nc2c(Cl)cccc12)c1cccc([N+](=O)[O-])c1. The first-order chi connectivity index (χ1) is 22.2. The highest BCUT2D eigenvalue weighted by Gasteiger charge is 2.67. The van der Waals surface area contributed by atoms with Crippen LogP contribution in [0.2, 0.25) is 5.02 Å². The van der Waals surface area contributed by atoms with Gasteiger partial charge in [0.2, 0.25) is 17.6 Å². The van der Waals surface area contributed by atoms with E-state index in [0.29, 0.717) is 44.7 Å². The predicted octanol–water partition coefficient (Wildman–Crippen LogP) is 6.06. The van der Waals surface area contributed by atoms with Gasteiger partial charge in [0, 0.05) is 28.6 Å². The molecular weight excluding hydrogens is 610 g/mol. The highest BCUT2D eigenvalue weighted by Crippen LogP contribution is 2.65. The fourth-order valence-corrected chi connectivity index (χ4v) is 7.82. The Hall–Kier alpha value is -5.22. The maximum absolute atomic E-state index is 13.5. The molecular formula is C35H24ClN3O7. The molecule has 5 aliphatic rings. The minimum Gasteiger partial charge on any atom is -0.454 e. The minimum absolute atomic E-state index is 0.0420. The Morgan fingerprint density at radius 2 is 1.61 bits per heavy atom. The van der Waals surface area contributed by atoms with E-state index in [1.807, 2.05) is 0 Å². The number of benzene rings is 3. The van der Waals surface area contributed by atoms with Gasteiger partial charge in [0.05, 0.1) is 44.2 Å². The van der Waals surface area contributed by atoms with Crippen LogP contribution in [0.15, 0.2) is 84.9 Å². The molecule has 3 aromatic carbocycles. The maximum atomic E-state index is 13.5. The zero-order chi connectivity index (χ0) is 31.9. The number of para-hydroxylation sites is 1. The molecule has 4 aliphatic carbocycles. The van der Waals surface area contributed by atoms with Crippen molar-refractivity contribution in [1.29, 1.82) is 0 Å². The van der Waals surface area contributed by atoms with Crippen molar-refractivity contribution in [3.63, 3.8) is 0 Å². The van der Waals surface area contributed by atoms with Gasteiger partial charge in [0.25, 0.3) is 5.69 Å². The standard InChI is InChI=1S/C35H24ClN3O7/c36-27-6-2-5-23-26(35(43)46-16-29(40)18-3-1-4-20(13-18)39(44)45)15-28(37-32(23)27)17-7-9-19(10-8-17)38-33(41)30-21-11-12-22(25-14-24(21)25)31(30)34(38)42/h1-13,15,21-22,24-25,30-31H,14,16H2. The number of anilines is 1. The van der Waals surface area contributed by atoms with Gasteiger partial charge >= 0.3 is 5.97 Å². The smallest absolute Gasteiger partial charge is 0.339 e. The second-order valence-corrected chi connectivity index (χ2v) is 12.6. The first-order valence-corrected chi connectivity index (χ1v) is 15.3. The number of hydrogen-bond acceptors (Lipinski definition) is 8. The van der Waals surface area contributed by atoms with Crippen molar-refractivity contribution in [1.82, 2.24) is 4.98 Å². The number of amides is 2. The molecule has 9 rings (SSSR count). The number of pyridine rings is 1. The summed E-state index contributed by atoms with van der Waals surface area (Å²) in [6, 6.07) is 18.5. The Bertz CT molecular complexity index is 2020. The number of rotatable bonds is 7. The zero-order valence-electron chi connectivity index (χ0n) is 24.0. The van der Waals surface area contributed by atoms with E-state index in [4.69, 9.17) is 16.3 Å². The third-order valence-electron chi connectivity index (χ3n) is 9.81. The summed E-state index contributed by atoms with van der Waals surface area (Å²) in [4.78, 5) is 69.6. The highest BCUT2D eigenvalue weighted by molar-refractivity contribution is 6.35. The van der Waals surface area contributed by atoms with E-state index in [-0.39, 0.29) is 52.3 Å². The number of imide groups is 1. The van der Waals surface area contributed by atoms with Crippen LogP contribution in [0.25, 0.3) is 22.2 Å². The van der Waals surface area contributed by atoms with Crippen LogP contribution in [0.3, 0.4) is 0 Å². The summed E-state index contributed by atoms with van der Waals surface area (Å²) in [7, 11) is 0. The van der Waals surface area contributed by atoms with Gasteiger partial charge in [0.15, 0.2) is 6.61 Å². The molecule has 6 unspecified atom stereocenters. The van der Waals surface area contributed by atoms with E-state index in [9.17, 15) is 29.3 Å². The van der Waals surface area contributed by atoms with Crippen LogP contribution in [0.5, 0.6) is 0 Å². The van der Waals surface area contributed by atoms with E-state index >= 15 is 0 Å². The number of allylic oxidation sites excluding steroid dienone is 2. The van der Waals surface area contributed by atoms with Gasteiger partial charge in [-0.1, -0.05) is 60.2 Å². The number of non-ortho nitro benzene ring substituents is 1. The first kappa shape index (κ1) is 28.3. The molecule has 228 valence electrons. The summed E-state index contributed by atoms with van der Waals surface area (Å²) >= 11 is 6.48. The Morgan fingerprint density at radius 1 is 0.935 bits per heavy atom. The molecule has 0 radical (unpaired) electrons. The number of nitrogens with zero attached hydrogens (tertiary/aromatic N) is 3. The Morgan fingerprint density at radius 3 is 2.28 bits per heavy atom. The van der Waals surface area contributed by atoms with Crippen molar-refractivity contribution < 1.29 is 28.8 Å². The van der Waals surface area contributed by atoms with Crippen LogP contribution < -0.4 is 4.90 Å². The molecule has 2 heterocycles. The summed E-state index contributed by atoms with van der Waals surface area (Å²) in [6.07, 6.45) is 5.37. The topological polar surface area (TPSA) is 137 Å². The van der Waals surface area contributed by atoms with Crippen LogP contribution in [0.4, 0.5) is 11.4 Å². The molecule has 46 heavy (non-hydrogen) atoms. The third kappa shape index (κ3) is 4.35. The van der Waals surface area contributed by atoms with Gasteiger partial charge in [-0.3, -0.25) is 29.4 Å². The van der Waals surface area contributed by atoms with Crippen molar-refractivity contribution in [2.45, 2.75) is 6.42 Å². The number of aromatic nitrogens is 1. The van der Waals surface area contributed by atoms with Gasteiger partial charge in [0.1, 0.15) is 0 Å². The summed E-state index contributed by atoms with van der Waals surface area (Å²) in [5.41, 5.74) is 1.73. The molecule has 11 heteroatoms. The average Bonchev–Trinajstić information content (AvgIpc) is 3.85. The van der Waals surface area contributed by atoms with E-state index in [1.54, 1.807) is 42.5 Å². The van der Waals surface area contributed by atoms with Crippen molar-refractivity contribution in [2.75, 3.05) is 11.5 Å². The number of esters is 1. The predicted molar refractivity (Wildman–Crippen MR) is 167 cm³/mol. The number of nitro benzene ring substituents is 1. The molecule has 0 N–H and O–H groups in total. The van der Waals surface area contributed by atoms with Gasteiger partial charge in [-0.2, -0.15) is 0 Å². The molecule has 1 aliphatic heterocycles. The highest BCUT2D eigenvalue weighted by atomic mass is 35.5. The second-order valence-electron chi connectivity index (χ2n) is 12.2. The number of hydrogen-bond donors (Lipinski definition) is 0. The molecule has 2 saturated carbocycles. The second kappa shape index (κ2) is 10.4. The van der Waals surface area contributed by atoms with Crippen LogP contribution in [0, 0.1) is 45.6 Å². The van der Waals surface area contributed by atoms with E-state index in [0.717, 1.165) is 12.5 Å². The Labute approximate surface area is 266 Å². The van der Waals surface area contributed by atoms with Gasteiger partial charge in [-0.25, -0.2) is 9.78 Å². The molecule has 4 aromatic rings. The van der Waals surface area contributed by atoms with Crippen LogP contribution in [-0.2, 0) is 14.3 Å². The zero-order valence-corrected chi connectivity index (χ0v) is 24.8. The molecule has 3 fully saturated rings. The largest absolute Gasteiger partial charge is 0.454 e. The average molecular weight is 634 g/mol. The first-order valence-electron chi connectivity index (χ1n) is 14.9. The van der Waals surface area contributed by atoms with E-state index in [1.165, 1.54) is 29.2 Å². The van der Waals surface area contributed by atoms with E-state index < -0.39 is 23.3 Å². The van der Waals surface area contributed by atoms with E-state index in [2.05, 4.69) is 17.1 Å². The van der Waals surface area contributed by atoms with Crippen LogP contribution in [0.1, 0.15) is 27.1 Å². The molecule has 1 aromatic heterocycles. The molecule has 2 amide bonds. The molecule has 1 saturated heterocycles. The van der Waals surface area contributed by atoms with Gasteiger partial charge in [-0.05, 0) is 54.4 Å². The number of carbonyl (C=O) groups is 4. The molecule has 6 atom stereocenters. The summed E-state index contributed by atoms with van der Waals surface area (Å²) < 4.78 is 5.36. The summed E-state index contributed by atoms with van der Waals surface area (Å²) in [6.45, 7) is -0.632. The van der Waals surface area contributed by atoms with Crippen molar-refractivity contribution in [3.8, 4) is 11.3 Å². The van der Waals surface area contributed by atoms with Gasteiger partial charge in [-0.15, -0.1) is 0 Å². The summed E-state index contributed by atoms with van der Waals surface area (Å²) in [5, 5.41) is 11.8. The number of ether oxygens (including phenoxy) is 1. The van der Waals surface area contributed by atoms with Crippen molar-refractivity contribution in [2.24, 2.45) is 35.5 Å². The number of carbonyl (C=O) groups excluding carboxylic acids is 4. The van der Waals surface area contributed by atoms with Crippen molar-refractivity contribution in [3.05, 3.63) is 111 Å². The fourth-order valence-electron chi connectivity index (χ4n) is 7.61. The lowest BCUT2D eigenvalue weighted by Gasteiger charge is -2.37. The normalized spacial score (nSPS) is 25.4. The lowest BCUT2D eigenvalue weighted by atomic mass is 9.63. The number of nitro groups is 1. The number of ketones is 1. The quantitative estimate of drug-likeness (QED) is 0.0598. The Balaban J connectivity index is 1.06. The number of Topliss-reactive ketones (excluding diaryl/α,β-unsaturated/α-hetero) is 1. The van der Waals surface area contributed by atoms with Crippen LogP contribution in [-0.4, -0.2) is 40.1 Å². The Kier molecular flexibility index (Phi) is 6.40. The minimum atomic E-state index is -0.802. The maximum Gasteiger partial charge on any atom is 0.339 e. The molecule has 2 bridgehead atoms. The van der Waals surface area contributed by atoms with Gasteiger partial charge < -0.3 is 4.74 Å². The summed E-state index contributed by atoms with van der Waals surface area (Å²) in [5.74, 6) is -1.00. The van der Waals surface area contributed by atoms with Crippen molar-refractivity contribution >= 4 is 57.4 Å². The monoisotopic (exact) mass is 633 g/mol. The molecule has 0 spiro atoms. The van der Waals surface area contributed by atoms with Crippen LogP contribution >= 0.6 is 11.6 Å². The lowest BCUT2D eigenvalue weighted by molar-refractivity contribution is -0.384. The molecule has 10 nitrogen and oxygen atoms in total. The fraction of sp³-hybridized carbons (Fsp3) is 0.229. The lowest BCUT2D eigenvalue weighted by Crippen LogP contribution is -2.40. The number of halogens is 1.